The van der Waals surface area contributed by atoms with Crippen LogP contribution >= 0.6 is 11.8 Å². The van der Waals surface area contributed by atoms with Crippen molar-refractivity contribution in [2.75, 3.05) is 18.1 Å². The molecule has 0 saturated heterocycles. The standard InChI is InChI=1S/C13H16N2O2S/c1-9-10(2)17-13(15-9)18-7-6-16-12-5-3-4-11(14)8-12/h3-5,8H,6-7,14H2,1-2H3. The zero-order valence-electron chi connectivity index (χ0n) is 10.5. The molecule has 0 spiro atoms. The fraction of sp³-hybridized carbons (Fsp3) is 0.308. The van der Waals surface area contributed by atoms with Gasteiger partial charge in [0, 0.05) is 17.5 Å². The molecular weight excluding hydrogens is 248 g/mol. The highest BCUT2D eigenvalue weighted by Crippen LogP contribution is 2.20. The molecule has 1 aromatic carbocycles. The summed E-state index contributed by atoms with van der Waals surface area (Å²) in [6, 6.07) is 7.41. The maximum atomic E-state index is 5.66. The highest BCUT2D eigenvalue weighted by Gasteiger charge is 2.05. The van der Waals surface area contributed by atoms with Crippen molar-refractivity contribution in [3.05, 3.63) is 35.7 Å². The zero-order chi connectivity index (χ0) is 13.0. The highest BCUT2D eigenvalue weighted by atomic mass is 32.2. The molecule has 0 aliphatic carbocycles. The molecule has 0 saturated carbocycles. The van der Waals surface area contributed by atoms with E-state index in [9.17, 15) is 0 Å². The predicted molar refractivity (Wildman–Crippen MR) is 73.1 cm³/mol. The van der Waals surface area contributed by atoms with Crippen LogP contribution in [-0.2, 0) is 0 Å². The Morgan fingerprint density at radius 2 is 2.22 bits per heavy atom. The maximum Gasteiger partial charge on any atom is 0.256 e. The molecular formula is C13H16N2O2S. The maximum absolute atomic E-state index is 5.66. The first-order valence-corrected chi connectivity index (χ1v) is 6.69. The summed E-state index contributed by atoms with van der Waals surface area (Å²) in [7, 11) is 0. The lowest BCUT2D eigenvalue weighted by molar-refractivity contribution is 0.343. The molecule has 2 rings (SSSR count). The molecule has 0 unspecified atom stereocenters. The summed E-state index contributed by atoms with van der Waals surface area (Å²) in [5.41, 5.74) is 7.31. The lowest BCUT2D eigenvalue weighted by atomic mass is 10.3. The van der Waals surface area contributed by atoms with Gasteiger partial charge in [-0.2, -0.15) is 0 Å². The topological polar surface area (TPSA) is 61.3 Å². The van der Waals surface area contributed by atoms with E-state index in [0.29, 0.717) is 17.5 Å². The molecule has 1 heterocycles. The number of oxazole rings is 1. The van der Waals surface area contributed by atoms with Gasteiger partial charge >= 0.3 is 0 Å². The predicted octanol–water partition coefficient (Wildman–Crippen LogP) is 3.04. The van der Waals surface area contributed by atoms with E-state index in [-0.39, 0.29) is 0 Å². The number of nitrogen functional groups attached to an aromatic ring is 1. The van der Waals surface area contributed by atoms with Gasteiger partial charge in [0.25, 0.3) is 5.22 Å². The Kier molecular flexibility index (Phi) is 4.15. The third kappa shape index (κ3) is 3.43. The van der Waals surface area contributed by atoms with Gasteiger partial charge < -0.3 is 14.9 Å². The molecule has 0 bridgehead atoms. The van der Waals surface area contributed by atoms with Crippen molar-refractivity contribution in [3.8, 4) is 5.75 Å². The lowest BCUT2D eigenvalue weighted by Gasteiger charge is -2.05. The minimum absolute atomic E-state index is 0.592. The van der Waals surface area contributed by atoms with Crippen molar-refractivity contribution in [2.24, 2.45) is 0 Å². The smallest absolute Gasteiger partial charge is 0.256 e. The van der Waals surface area contributed by atoms with Crippen LogP contribution in [0.2, 0.25) is 0 Å². The number of aromatic nitrogens is 1. The number of nitrogens with two attached hydrogens (primary N) is 1. The van der Waals surface area contributed by atoms with Gasteiger partial charge in [0.2, 0.25) is 0 Å². The first-order chi connectivity index (χ1) is 8.65. The highest BCUT2D eigenvalue weighted by molar-refractivity contribution is 7.99. The van der Waals surface area contributed by atoms with Crippen molar-refractivity contribution in [1.29, 1.82) is 0 Å². The molecule has 4 nitrogen and oxygen atoms in total. The Morgan fingerprint density at radius 3 is 2.89 bits per heavy atom. The van der Waals surface area contributed by atoms with Gasteiger partial charge in [-0.25, -0.2) is 4.98 Å². The summed E-state index contributed by atoms with van der Waals surface area (Å²) < 4.78 is 11.0. The van der Waals surface area contributed by atoms with Crippen molar-refractivity contribution in [2.45, 2.75) is 19.1 Å². The lowest BCUT2D eigenvalue weighted by Crippen LogP contribution is -2.00. The normalized spacial score (nSPS) is 10.6. The second kappa shape index (κ2) is 5.82. The van der Waals surface area contributed by atoms with E-state index < -0.39 is 0 Å². The number of hydrogen-bond donors (Lipinski definition) is 1. The summed E-state index contributed by atoms with van der Waals surface area (Å²) >= 11 is 1.54. The molecule has 1 aromatic heterocycles. The molecule has 2 N–H and O–H groups in total. The van der Waals surface area contributed by atoms with Gasteiger partial charge in [-0.05, 0) is 26.0 Å². The van der Waals surface area contributed by atoms with Crippen molar-refractivity contribution < 1.29 is 9.15 Å². The van der Waals surface area contributed by atoms with Gasteiger partial charge in [-0.1, -0.05) is 17.8 Å². The van der Waals surface area contributed by atoms with Gasteiger partial charge in [-0.3, -0.25) is 0 Å². The number of hydrogen-bond acceptors (Lipinski definition) is 5. The van der Waals surface area contributed by atoms with Gasteiger partial charge in [-0.15, -0.1) is 0 Å². The molecule has 2 aromatic rings. The average Bonchev–Trinajstić information content (AvgIpc) is 2.65. The molecule has 0 aliphatic heterocycles. The largest absolute Gasteiger partial charge is 0.493 e. The molecule has 0 radical (unpaired) electrons. The second-order valence-electron chi connectivity index (χ2n) is 3.89. The van der Waals surface area contributed by atoms with Crippen LogP contribution in [0.5, 0.6) is 5.75 Å². The number of rotatable bonds is 5. The molecule has 18 heavy (non-hydrogen) atoms. The fourth-order valence-electron chi connectivity index (χ4n) is 1.40. The SMILES string of the molecule is Cc1nc(SCCOc2cccc(N)c2)oc1C. The molecule has 5 heteroatoms. The number of nitrogens with zero attached hydrogens (tertiary/aromatic N) is 1. The van der Waals surface area contributed by atoms with E-state index in [1.54, 1.807) is 11.8 Å². The van der Waals surface area contributed by atoms with Crippen LogP contribution in [0.15, 0.2) is 33.9 Å². The number of ether oxygens (including phenoxy) is 1. The van der Waals surface area contributed by atoms with Gasteiger partial charge in [0.15, 0.2) is 0 Å². The quantitative estimate of drug-likeness (QED) is 0.511. The summed E-state index contributed by atoms with van der Waals surface area (Å²) in [5.74, 6) is 2.44. The van der Waals surface area contributed by atoms with E-state index >= 15 is 0 Å². The van der Waals surface area contributed by atoms with Crippen molar-refractivity contribution in [3.63, 3.8) is 0 Å². The Morgan fingerprint density at radius 1 is 1.39 bits per heavy atom. The van der Waals surface area contributed by atoms with Crippen LogP contribution in [-0.4, -0.2) is 17.3 Å². The minimum atomic E-state index is 0.592. The van der Waals surface area contributed by atoms with Gasteiger partial charge in [0.1, 0.15) is 11.5 Å². The fourth-order valence-corrected chi connectivity index (χ4v) is 2.12. The third-order valence-corrected chi connectivity index (χ3v) is 3.24. The Bertz CT molecular complexity index is 506. The zero-order valence-corrected chi connectivity index (χ0v) is 11.3. The summed E-state index contributed by atoms with van der Waals surface area (Å²) in [6.07, 6.45) is 0. The average molecular weight is 264 g/mol. The van der Waals surface area contributed by atoms with Gasteiger partial charge in [0.05, 0.1) is 12.3 Å². The third-order valence-electron chi connectivity index (χ3n) is 2.44. The van der Waals surface area contributed by atoms with Crippen molar-refractivity contribution >= 4 is 17.4 Å². The monoisotopic (exact) mass is 264 g/mol. The van der Waals surface area contributed by atoms with Crippen LogP contribution in [0.25, 0.3) is 0 Å². The summed E-state index contributed by atoms with van der Waals surface area (Å²) in [6.45, 7) is 4.44. The first-order valence-electron chi connectivity index (χ1n) is 5.70. The van der Waals surface area contributed by atoms with E-state index in [0.717, 1.165) is 23.0 Å². The van der Waals surface area contributed by atoms with E-state index in [4.69, 9.17) is 14.9 Å². The first kappa shape index (κ1) is 12.8. The van der Waals surface area contributed by atoms with Crippen LogP contribution in [0.3, 0.4) is 0 Å². The van der Waals surface area contributed by atoms with Crippen LogP contribution in [0.4, 0.5) is 5.69 Å². The van der Waals surface area contributed by atoms with E-state index in [1.165, 1.54) is 0 Å². The summed E-state index contributed by atoms with van der Waals surface area (Å²) in [5, 5.41) is 0.696. The van der Waals surface area contributed by atoms with E-state index in [1.807, 2.05) is 38.1 Å². The minimum Gasteiger partial charge on any atom is -0.493 e. The van der Waals surface area contributed by atoms with E-state index in [2.05, 4.69) is 4.98 Å². The molecule has 0 amide bonds. The van der Waals surface area contributed by atoms with Crippen LogP contribution in [0.1, 0.15) is 11.5 Å². The molecule has 0 fully saturated rings. The Hall–Kier alpha value is -1.62. The number of aryl methyl sites for hydroxylation is 2. The molecule has 96 valence electrons. The van der Waals surface area contributed by atoms with Crippen LogP contribution < -0.4 is 10.5 Å². The summed E-state index contributed by atoms with van der Waals surface area (Å²) in [4.78, 5) is 4.29. The number of benzene rings is 1. The Balaban J connectivity index is 1.76. The van der Waals surface area contributed by atoms with Crippen LogP contribution in [0, 0.1) is 13.8 Å². The van der Waals surface area contributed by atoms with Crippen molar-refractivity contribution in [1.82, 2.24) is 4.98 Å². The number of anilines is 1. The Labute approximate surface area is 111 Å². The molecule has 0 atom stereocenters. The molecule has 0 aliphatic rings. The number of thioether (sulfide) groups is 1. The second-order valence-corrected chi connectivity index (χ2v) is 4.94.